The van der Waals surface area contributed by atoms with Crippen molar-refractivity contribution in [3.63, 3.8) is 0 Å². The third kappa shape index (κ3) is 3.81. The van der Waals surface area contributed by atoms with Crippen LogP contribution in [0, 0.1) is 6.92 Å². The second-order valence-corrected chi connectivity index (χ2v) is 4.78. The molecule has 0 saturated carbocycles. The van der Waals surface area contributed by atoms with Gasteiger partial charge in [-0.15, -0.1) is 0 Å². The first-order valence-corrected chi connectivity index (χ1v) is 6.76. The van der Waals surface area contributed by atoms with E-state index >= 15 is 0 Å². The first-order valence-electron chi connectivity index (χ1n) is 6.76. The van der Waals surface area contributed by atoms with Crippen LogP contribution >= 0.6 is 0 Å². The van der Waals surface area contributed by atoms with Gasteiger partial charge in [0.05, 0.1) is 27.0 Å². The fraction of sp³-hybridized carbons (Fsp3) is 0.294. The number of hydrogen-bond acceptors (Lipinski definition) is 4. The van der Waals surface area contributed by atoms with Crippen LogP contribution in [0.1, 0.15) is 11.1 Å². The van der Waals surface area contributed by atoms with Gasteiger partial charge in [-0.1, -0.05) is 6.07 Å². The van der Waals surface area contributed by atoms with Crippen molar-refractivity contribution < 1.29 is 14.2 Å². The second kappa shape index (κ2) is 6.88. The van der Waals surface area contributed by atoms with Crippen LogP contribution in [-0.4, -0.2) is 21.3 Å². The van der Waals surface area contributed by atoms with Gasteiger partial charge in [0, 0.05) is 12.6 Å². The molecule has 2 aromatic rings. The van der Waals surface area contributed by atoms with Gasteiger partial charge in [0.25, 0.3) is 0 Å². The molecule has 0 bridgehead atoms. The summed E-state index contributed by atoms with van der Waals surface area (Å²) < 4.78 is 15.9. The first kappa shape index (κ1) is 15.0. The van der Waals surface area contributed by atoms with Gasteiger partial charge >= 0.3 is 0 Å². The van der Waals surface area contributed by atoms with Crippen molar-refractivity contribution in [3.8, 4) is 17.2 Å². The molecule has 0 aliphatic carbocycles. The van der Waals surface area contributed by atoms with E-state index in [0.29, 0.717) is 6.54 Å². The van der Waals surface area contributed by atoms with Crippen LogP contribution in [0.4, 0.5) is 5.69 Å². The van der Waals surface area contributed by atoms with Gasteiger partial charge in [-0.3, -0.25) is 0 Å². The zero-order chi connectivity index (χ0) is 15.2. The molecule has 0 spiro atoms. The summed E-state index contributed by atoms with van der Waals surface area (Å²) in [4.78, 5) is 0. The summed E-state index contributed by atoms with van der Waals surface area (Å²) in [6.07, 6.45) is 0. The summed E-state index contributed by atoms with van der Waals surface area (Å²) in [7, 11) is 4.97. The molecule has 112 valence electrons. The van der Waals surface area contributed by atoms with Gasteiger partial charge in [-0.2, -0.15) is 0 Å². The van der Waals surface area contributed by atoms with Gasteiger partial charge < -0.3 is 19.5 Å². The minimum atomic E-state index is 0.660. The van der Waals surface area contributed by atoms with Crippen molar-refractivity contribution in [2.75, 3.05) is 26.6 Å². The van der Waals surface area contributed by atoms with Crippen LogP contribution in [-0.2, 0) is 6.54 Å². The Morgan fingerprint density at radius 1 is 0.857 bits per heavy atom. The number of aryl methyl sites for hydroxylation is 1. The third-order valence-electron chi connectivity index (χ3n) is 3.25. The van der Waals surface area contributed by atoms with Gasteiger partial charge in [0.1, 0.15) is 17.2 Å². The zero-order valence-corrected chi connectivity index (χ0v) is 12.9. The van der Waals surface area contributed by atoms with Crippen LogP contribution in [0.3, 0.4) is 0 Å². The second-order valence-electron chi connectivity index (χ2n) is 4.78. The van der Waals surface area contributed by atoms with E-state index in [0.717, 1.165) is 28.5 Å². The van der Waals surface area contributed by atoms with Gasteiger partial charge in [-0.25, -0.2) is 0 Å². The number of nitrogens with one attached hydrogen (secondary N) is 1. The van der Waals surface area contributed by atoms with Gasteiger partial charge in [0.15, 0.2) is 0 Å². The molecule has 0 saturated heterocycles. The fourth-order valence-corrected chi connectivity index (χ4v) is 2.11. The van der Waals surface area contributed by atoms with Crippen LogP contribution in [0.5, 0.6) is 17.2 Å². The number of ether oxygens (including phenoxy) is 3. The van der Waals surface area contributed by atoms with Crippen molar-refractivity contribution in [1.82, 2.24) is 0 Å². The Kier molecular flexibility index (Phi) is 4.93. The van der Waals surface area contributed by atoms with E-state index in [9.17, 15) is 0 Å². The Morgan fingerprint density at radius 2 is 1.52 bits per heavy atom. The van der Waals surface area contributed by atoms with Gasteiger partial charge in [0.2, 0.25) is 0 Å². The molecule has 4 nitrogen and oxygen atoms in total. The highest BCUT2D eigenvalue weighted by Crippen LogP contribution is 2.27. The summed E-state index contributed by atoms with van der Waals surface area (Å²) in [6.45, 7) is 2.70. The molecule has 4 heteroatoms. The molecule has 0 heterocycles. The van der Waals surface area contributed by atoms with Crippen molar-refractivity contribution in [2.24, 2.45) is 0 Å². The third-order valence-corrected chi connectivity index (χ3v) is 3.25. The average Bonchev–Trinajstić information content (AvgIpc) is 2.53. The lowest BCUT2D eigenvalue weighted by molar-refractivity contribution is 0.393. The summed E-state index contributed by atoms with van der Waals surface area (Å²) >= 11 is 0. The molecule has 0 aliphatic heterocycles. The Balaban J connectivity index is 2.16. The maximum atomic E-state index is 5.39. The van der Waals surface area contributed by atoms with E-state index in [1.165, 1.54) is 5.56 Å². The lowest BCUT2D eigenvalue weighted by Crippen LogP contribution is -2.02. The predicted octanol–water partition coefficient (Wildman–Crippen LogP) is 3.63. The van der Waals surface area contributed by atoms with Crippen LogP contribution < -0.4 is 19.5 Å². The van der Waals surface area contributed by atoms with Crippen molar-refractivity contribution in [2.45, 2.75) is 13.5 Å². The molecule has 0 fully saturated rings. The summed E-state index contributed by atoms with van der Waals surface area (Å²) in [6, 6.07) is 11.9. The molecular formula is C17H21NO3. The molecule has 0 aromatic heterocycles. The summed E-state index contributed by atoms with van der Waals surface area (Å²) in [5.74, 6) is 2.40. The SMILES string of the molecule is COc1cc(CNc2ccc(C)cc2OC)cc(OC)c1. The number of rotatable bonds is 6. The monoisotopic (exact) mass is 287 g/mol. The van der Waals surface area contributed by atoms with Crippen LogP contribution in [0.15, 0.2) is 36.4 Å². The Bertz CT molecular complexity index is 589. The predicted molar refractivity (Wildman–Crippen MR) is 84.6 cm³/mol. The first-order chi connectivity index (χ1) is 10.2. The molecule has 21 heavy (non-hydrogen) atoms. The normalized spacial score (nSPS) is 10.1. The molecule has 2 aromatic carbocycles. The van der Waals surface area contributed by atoms with Crippen molar-refractivity contribution in [3.05, 3.63) is 47.5 Å². The Hall–Kier alpha value is -2.36. The number of hydrogen-bond donors (Lipinski definition) is 1. The summed E-state index contributed by atoms with van der Waals surface area (Å²) in [5, 5.41) is 3.37. The van der Waals surface area contributed by atoms with Crippen LogP contribution in [0.2, 0.25) is 0 Å². The lowest BCUT2D eigenvalue weighted by Gasteiger charge is -2.13. The maximum Gasteiger partial charge on any atom is 0.142 e. The Morgan fingerprint density at radius 3 is 2.10 bits per heavy atom. The molecule has 1 N–H and O–H groups in total. The van der Waals surface area contributed by atoms with E-state index in [4.69, 9.17) is 14.2 Å². The van der Waals surface area contributed by atoms with Crippen LogP contribution in [0.25, 0.3) is 0 Å². The molecule has 0 atom stereocenters. The largest absolute Gasteiger partial charge is 0.497 e. The molecule has 0 aliphatic rings. The van der Waals surface area contributed by atoms with E-state index < -0.39 is 0 Å². The smallest absolute Gasteiger partial charge is 0.142 e. The highest BCUT2D eigenvalue weighted by Gasteiger charge is 2.05. The fourth-order valence-electron chi connectivity index (χ4n) is 2.11. The highest BCUT2D eigenvalue weighted by molar-refractivity contribution is 5.58. The molecule has 0 unspecified atom stereocenters. The maximum absolute atomic E-state index is 5.39. The minimum Gasteiger partial charge on any atom is -0.497 e. The van der Waals surface area contributed by atoms with E-state index in [-0.39, 0.29) is 0 Å². The van der Waals surface area contributed by atoms with Crippen molar-refractivity contribution in [1.29, 1.82) is 0 Å². The highest BCUT2D eigenvalue weighted by atomic mass is 16.5. The van der Waals surface area contributed by atoms with Crippen molar-refractivity contribution >= 4 is 5.69 Å². The standard InChI is InChI=1S/C17H21NO3/c1-12-5-6-16(17(7-12)21-4)18-11-13-8-14(19-2)10-15(9-13)20-3/h5-10,18H,11H2,1-4H3. The summed E-state index contributed by atoms with van der Waals surface area (Å²) in [5.41, 5.74) is 3.21. The average molecular weight is 287 g/mol. The molecule has 0 amide bonds. The molecule has 2 rings (SSSR count). The van der Waals surface area contributed by atoms with E-state index in [1.54, 1.807) is 21.3 Å². The molecule has 0 radical (unpaired) electrons. The van der Waals surface area contributed by atoms with Gasteiger partial charge in [-0.05, 0) is 42.3 Å². The Labute approximate surface area is 125 Å². The number of methoxy groups -OCH3 is 3. The number of benzene rings is 2. The quantitative estimate of drug-likeness (QED) is 0.880. The zero-order valence-electron chi connectivity index (χ0n) is 12.9. The van der Waals surface area contributed by atoms with E-state index in [1.807, 2.05) is 37.3 Å². The van der Waals surface area contributed by atoms with E-state index in [2.05, 4.69) is 11.4 Å². The minimum absolute atomic E-state index is 0.660. The topological polar surface area (TPSA) is 39.7 Å². The number of anilines is 1. The molecular weight excluding hydrogens is 266 g/mol. The lowest BCUT2D eigenvalue weighted by atomic mass is 10.1.